The Labute approximate surface area is 119 Å². The smallest absolute Gasteiger partial charge is 2.00 e. The first-order chi connectivity index (χ1) is 3.46. The second kappa shape index (κ2) is 38.8. The van der Waals surface area contributed by atoms with Gasteiger partial charge in [-0.05, 0) is 0 Å². The molecular formula is C2H8Al2N4O2S3. The standard InChI is InChI=1S/2CH4N2O.2Al.3S/c2*2-1(3)4;;;;;/h2*(H4,2,3,4);;;;;/q;;2*+3;3*-2. The normalized spacial score (nSPS) is 3.69. The van der Waals surface area contributed by atoms with Crippen molar-refractivity contribution in [3.05, 3.63) is 0 Å². The molecule has 0 rings (SSSR count). The Balaban J connectivity index is -0.00000000800. The fourth-order valence-electron chi connectivity index (χ4n) is 0. The van der Waals surface area contributed by atoms with Gasteiger partial charge in [0.05, 0.1) is 0 Å². The molecule has 0 aliphatic heterocycles. The maximum absolute atomic E-state index is 9.00. The van der Waals surface area contributed by atoms with E-state index in [1.165, 1.54) is 0 Å². The third-order valence-corrected chi connectivity index (χ3v) is 0. The van der Waals surface area contributed by atoms with Crippen molar-refractivity contribution < 1.29 is 9.59 Å². The van der Waals surface area contributed by atoms with Gasteiger partial charge in [0.25, 0.3) is 0 Å². The molecule has 6 nitrogen and oxygen atoms in total. The number of hydrogen-bond donors (Lipinski definition) is 4. The maximum Gasteiger partial charge on any atom is 3.00 e. The van der Waals surface area contributed by atoms with E-state index >= 15 is 0 Å². The Morgan fingerprint density at radius 3 is 0.615 bits per heavy atom. The van der Waals surface area contributed by atoms with Crippen LogP contribution >= 0.6 is 0 Å². The molecule has 0 aliphatic carbocycles. The van der Waals surface area contributed by atoms with Crippen molar-refractivity contribution in [3.63, 3.8) is 0 Å². The van der Waals surface area contributed by atoms with E-state index in [1.54, 1.807) is 0 Å². The molecule has 0 saturated carbocycles. The van der Waals surface area contributed by atoms with Crippen LogP contribution in [0, 0.1) is 0 Å². The van der Waals surface area contributed by atoms with Gasteiger partial charge in [0.15, 0.2) is 0 Å². The van der Waals surface area contributed by atoms with Gasteiger partial charge in [-0.3, -0.25) is 0 Å². The summed E-state index contributed by atoms with van der Waals surface area (Å²) in [5, 5.41) is 0. The number of amides is 4. The number of hydrogen-bond acceptors (Lipinski definition) is 2. The first-order valence-corrected chi connectivity index (χ1v) is 1.56. The fraction of sp³-hybridized carbons (Fsp3) is 0. The predicted molar refractivity (Wildman–Crippen MR) is 61.1 cm³/mol. The first-order valence-electron chi connectivity index (χ1n) is 1.56. The Bertz CT molecular complexity index is 87.4. The Morgan fingerprint density at radius 1 is 0.615 bits per heavy atom. The molecule has 0 bridgehead atoms. The summed E-state index contributed by atoms with van der Waals surface area (Å²) in [6.07, 6.45) is 0. The van der Waals surface area contributed by atoms with Crippen molar-refractivity contribution in [2.24, 2.45) is 22.9 Å². The zero-order valence-electron chi connectivity index (χ0n) is 6.51. The van der Waals surface area contributed by atoms with Crippen molar-refractivity contribution in [1.82, 2.24) is 0 Å². The quantitative estimate of drug-likeness (QED) is 0.355. The van der Waals surface area contributed by atoms with E-state index in [0.717, 1.165) is 0 Å². The molecule has 11 heteroatoms. The molecule has 0 saturated heterocycles. The molecule has 0 aromatic carbocycles. The number of carbonyl (C=O) groups is 2. The van der Waals surface area contributed by atoms with Gasteiger partial charge in [-0.15, -0.1) is 0 Å². The minimum atomic E-state index is -0.833. The summed E-state index contributed by atoms with van der Waals surface area (Å²) in [7, 11) is 0. The predicted octanol–water partition coefficient (Wildman–Crippen LogP) is -2.72. The van der Waals surface area contributed by atoms with Gasteiger partial charge in [-0.2, -0.15) is 0 Å². The third kappa shape index (κ3) is 3350. The van der Waals surface area contributed by atoms with Gasteiger partial charge in [0.1, 0.15) is 0 Å². The summed E-state index contributed by atoms with van der Waals surface area (Å²) in [4.78, 5) is 18.0. The van der Waals surface area contributed by atoms with Gasteiger partial charge in [0.2, 0.25) is 0 Å². The van der Waals surface area contributed by atoms with Crippen LogP contribution in [-0.2, 0) is 40.5 Å². The Hall–Kier alpha value is 0.655. The third-order valence-electron chi connectivity index (χ3n) is 0. The second-order valence-corrected chi connectivity index (χ2v) is 0.805. The molecular weight excluding hydrogens is 262 g/mol. The molecule has 0 heterocycles. The van der Waals surface area contributed by atoms with E-state index < -0.39 is 12.1 Å². The van der Waals surface area contributed by atoms with Gasteiger partial charge in [-0.1, -0.05) is 0 Å². The minimum Gasteiger partial charge on any atom is -2.00 e. The Kier molecular flexibility index (Phi) is 147. The molecule has 0 aromatic heterocycles. The van der Waals surface area contributed by atoms with E-state index in [2.05, 4.69) is 22.9 Å². The fourth-order valence-corrected chi connectivity index (χ4v) is 0. The van der Waals surface area contributed by atoms with Crippen LogP contribution in [0.1, 0.15) is 0 Å². The van der Waals surface area contributed by atoms with Gasteiger partial charge in [0, 0.05) is 0 Å². The summed E-state index contributed by atoms with van der Waals surface area (Å²) in [6.45, 7) is 0. The van der Waals surface area contributed by atoms with Gasteiger partial charge in [-0.25, -0.2) is 9.59 Å². The SMILES string of the molecule is NC(N)=O.NC(N)=O.[Al+3].[Al+3].[S-2].[S-2].[S-2]. The van der Waals surface area contributed by atoms with Crippen molar-refractivity contribution in [2.45, 2.75) is 0 Å². The van der Waals surface area contributed by atoms with E-state index in [1.807, 2.05) is 0 Å². The van der Waals surface area contributed by atoms with Gasteiger partial charge < -0.3 is 63.4 Å². The molecule has 0 aliphatic rings. The summed E-state index contributed by atoms with van der Waals surface area (Å²) in [5.41, 5.74) is 17.0. The molecule has 0 unspecified atom stereocenters. The average molecular weight is 270 g/mol. The molecule has 8 N–H and O–H groups in total. The maximum atomic E-state index is 9.00. The molecule has 0 atom stereocenters. The van der Waals surface area contributed by atoms with E-state index in [4.69, 9.17) is 9.59 Å². The Morgan fingerprint density at radius 2 is 0.615 bits per heavy atom. The van der Waals surface area contributed by atoms with Gasteiger partial charge >= 0.3 is 46.8 Å². The molecule has 72 valence electrons. The van der Waals surface area contributed by atoms with Crippen LogP contribution in [0.3, 0.4) is 0 Å². The van der Waals surface area contributed by atoms with E-state index in [-0.39, 0.29) is 75.2 Å². The van der Waals surface area contributed by atoms with E-state index in [0.29, 0.717) is 0 Å². The number of primary amides is 4. The largest absolute Gasteiger partial charge is 3.00 e. The zero-order valence-corrected chi connectivity index (χ0v) is 11.3. The summed E-state index contributed by atoms with van der Waals surface area (Å²) >= 11 is 0. The van der Waals surface area contributed by atoms with Crippen molar-refractivity contribution in [2.75, 3.05) is 0 Å². The van der Waals surface area contributed by atoms with Crippen LogP contribution < -0.4 is 22.9 Å². The monoisotopic (exact) mass is 270 g/mol. The molecule has 0 spiro atoms. The second-order valence-electron chi connectivity index (χ2n) is 0.805. The molecule has 0 radical (unpaired) electrons. The minimum absolute atomic E-state index is 0. The molecule has 0 aromatic rings. The summed E-state index contributed by atoms with van der Waals surface area (Å²) in [6, 6.07) is -1.67. The molecule has 0 fully saturated rings. The van der Waals surface area contributed by atoms with Crippen LogP contribution in [0.25, 0.3) is 0 Å². The average Bonchev–Trinajstić information content (AvgIpc) is 1.25. The number of urea groups is 2. The van der Waals surface area contributed by atoms with Crippen LogP contribution in [-0.4, -0.2) is 46.8 Å². The summed E-state index contributed by atoms with van der Waals surface area (Å²) < 4.78 is 0. The number of rotatable bonds is 0. The number of nitrogens with two attached hydrogens (primary N) is 4. The van der Waals surface area contributed by atoms with Crippen molar-refractivity contribution in [1.29, 1.82) is 0 Å². The van der Waals surface area contributed by atoms with Crippen LogP contribution in [0.2, 0.25) is 0 Å². The van der Waals surface area contributed by atoms with E-state index in [9.17, 15) is 0 Å². The molecule has 4 amide bonds. The number of carbonyl (C=O) groups excluding carboxylic acids is 2. The van der Waals surface area contributed by atoms with Crippen molar-refractivity contribution in [3.8, 4) is 0 Å². The topological polar surface area (TPSA) is 138 Å². The molecule has 13 heavy (non-hydrogen) atoms. The summed E-state index contributed by atoms with van der Waals surface area (Å²) in [5.74, 6) is 0. The zero-order chi connectivity index (χ0) is 7.15. The van der Waals surface area contributed by atoms with Crippen molar-refractivity contribution >= 4 is 87.3 Å². The van der Waals surface area contributed by atoms with Crippen LogP contribution in [0.5, 0.6) is 0 Å². The van der Waals surface area contributed by atoms with Crippen LogP contribution in [0.4, 0.5) is 9.59 Å². The first kappa shape index (κ1) is 49.4. The van der Waals surface area contributed by atoms with Crippen LogP contribution in [0.15, 0.2) is 0 Å².